The van der Waals surface area contributed by atoms with Gasteiger partial charge in [-0.3, -0.25) is 10.1 Å². The van der Waals surface area contributed by atoms with Crippen LogP contribution in [0.2, 0.25) is 0 Å². The van der Waals surface area contributed by atoms with Gasteiger partial charge in [0.05, 0.1) is 16.5 Å². The fourth-order valence-corrected chi connectivity index (χ4v) is 4.84. The van der Waals surface area contributed by atoms with Crippen LogP contribution in [0.3, 0.4) is 0 Å². The number of aromatic nitrogens is 4. The Morgan fingerprint density at radius 2 is 1.90 bits per heavy atom. The average Bonchev–Trinajstić information content (AvgIpc) is 3.16. The fraction of sp³-hybridized carbons (Fsp3) is 0.682. The van der Waals surface area contributed by atoms with Crippen molar-refractivity contribution in [1.82, 2.24) is 25.5 Å². The van der Waals surface area contributed by atoms with Crippen LogP contribution in [-0.2, 0) is 5.54 Å². The molecule has 2 aromatic rings. The van der Waals surface area contributed by atoms with Crippen LogP contribution in [0.1, 0.15) is 84.2 Å². The van der Waals surface area contributed by atoms with Gasteiger partial charge in [0, 0.05) is 24.2 Å². The zero-order valence-corrected chi connectivity index (χ0v) is 19.2. The van der Waals surface area contributed by atoms with E-state index >= 15 is 0 Å². The number of nitrogens with one attached hydrogen (secondary N) is 1. The van der Waals surface area contributed by atoms with Crippen molar-refractivity contribution in [3.05, 3.63) is 45.8 Å². The molecule has 1 fully saturated rings. The molecule has 0 radical (unpaired) electrons. The second-order valence-electron chi connectivity index (χ2n) is 10.6. The van der Waals surface area contributed by atoms with Crippen LogP contribution in [0.15, 0.2) is 24.3 Å². The first-order valence-electron chi connectivity index (χ1n) is 11.0. The summed E-state index contributed by atoms with van der Waals surface area (Å²) in [7, 11) is 0. The summed E-state index contributed by atoms with van der Waals surface area (Å²) in [4.78, 5) is 11.0. The Kier molecular flexibility index (Phi) is 6.76. The number of nitro groups is 1. The summed E-state index contributed by atoms with van der Waals surface area (Å²) in [6, 6.07) is 6.87. The lowest BCUT2D eigenvalue weighted by Gasteiger charge is -2.35. The van der Waals surface area contributed by atoms with E-state index in [0.29, 0.717) is 5.82 Å². The van der Waals surface area contributed by atoms with Gasteiger partial charge in [-0.05, 0) is 67.4 Å². The van der Waals surface area contributed by atoms with Crippen LogP contribution in [0.25, 0.3) is 0 Å². The highest BCUT2D eigenvalue weighted by atomic mass is 16.6. The fourth-order valence-electron chi connectivity index (χ4n) is 4.84. The van der Waals surface area contributed by atoms with Crippen LogP contribution < -0.4 is 11.1 Å². The molecule has 3 rings (SSSR count). The Bertz CT molecular complexity index is 895. The lowest BCUT2D eigenvalue weighted by molar-refractivity contribution is -0.384. The molecule has 1 heterocycles. The first-order valence-corrected chi connectivity index (χ1v) is 11.0. The summed E-state index contributed by atoms with van der Waals surface area (Å²) in [5.74, 6) is 0.671. The van der Waals surface area contributed by atoms with E-state index in [4.69, 9.17) is 5.73 Å². The van der Waals surface area contributed by atoms with E-state index in [1.807, 2.05) is 10.7 Å². The highest BCUT2D eigenvalue weighted by Crippen LogP contribution is 2.35. The molecule has 9 nitrogen and oxygen atoms in total. The summed E-state index contributed by atoms with van der Waals surface area (Å²) in [5, 5.41) is 27.8. The molecule has 31 heavy (non-hydrogen) atoms. The summed E-state index contributed by atoms with van der Waals surface area (Å²) >= 11 is 0. The van der Waals surface area contributed by atoms with Crippen molar-refractivity contribution in [3.8, 4) is 0 Å². The standard InChI is InChI=1S/C22H35N7O2/c1-21(2,3)14-22(4,5)28-20(25-26-27-28)19(24-17-11-9-16(23)10-12-17)15-7-6-8-18(13-15)29(30)31/h6-8,13,16-17,19,24H,9-12,14,23H2,1-5H3. The molecule has 1 unspecified atom stereocenters. The van der Waals surface area contributed by atoms with Crippen LogP contribution in [-0.4, -0.2) is 37.2 Å². The van der Waals surface area contributed by atoms with Crippen LogP contribution >= 0.6 is 0 Å². The third-order valence-corrected chi connectivity index (χ3v) is 5.88. The largest absolute Gasteiger partial charge is 0.328 e. The van der Waals surface area contributed by atoms with E-state index < -0.39 is 0 Å². The molecule has 1 aliphatic carbocycles. The third-order valence-electron chi connectivity index (χ3n) is 5.88. The van der Waals surface area contributed by atoms with E-state index in [1.165, 1.54) is 6.07 Å². The molecule has 1 atom stereocenters. The van der Waals surface area contributed by atoms with E-state index in [0.717, 1.165) is 37.7 Å². The molecule has 0 amide bonds. The number of benzene rings is 1. The number of non-ortho nitro benzene ring substituents is 1. The number of nitrogens with zero attached hydrogens (tertiary/aromatic N) is 5. The summed E-state index contributed by atoms with van der Waals surface area (Å²) in [5.41, 5.74) is 6.69. The number of tetrazole rings is 1. The molecule has 0 aliphatic heterocycles. The first kappa shape index (κ1) is 23.3. The van der Waals surface area contributed by atoms with Gasteiger partial charge in [-0.1, -0.05) is 32.9 Å². The van der Waals surface area contributed by atoms with Crippen molar-refractivity contribution in [2.75, 3.05) is 0 Å². The van der Waals surface area contributed by atoms with Crippen LogP contribution in [0, 0.1) is 15.5 Å². The number of nitro benzene ring substituents is 1. The quantitative estimate of drug-likeness (QED) is 0.508. The van der Waals surface area contributed by atoms with Crippen molar-refractivity contribution in [1.29, 1.82) is 0 Å². The average molecular weight is 430 g/mol. The Balaban J connectivity index is 2.00. The first-order chi connectivity index (χ1) is 14.5. The van der Waals surface area contributed by atoms with Crippen LogP contribution in [0.4, 0.5) is 5.69 Å². The maximum atomic E-state index is 11.4. The minimum absolute atomic E-state index is 0.0583. The molecule has 0 spiro atoms. The highest BCUT2D eigenvalue weighted by molar-refractivity contribution is 5.38. The number of nitrogens with two attached hydrogens (primary N) is 1. The van der Waals surface area contributed by atoms with Crippen molar-refractivity contribution in [2.45, 2.75) is 90.4 Å². The topological polar surface area (TPSA) is 125 Å². The predicted octanol–water partition coefficient (Wildman–Crippen LogP) is 3.70. The number of hydrogen-bond donors (Lipinski definition) is 2. The molecular weight excluding hydrogens is 394 g/mol. The number of hydrogen-bond acceptors (Lipinski definition) is 7. The van der Waals surface area contributed by atoms with E-state index in [-0.39, 0.29) is 39.7 Å². The van der Waals surface area contributed by atoms with Crippen molar-refractivity contribution >= 4 is 5.69 Å². The zero-order chi connectivity index (χ0) is 22.8. The van der Waals surface area contributed by atoms with Crippen LogP contribution in [0.5, 0.6) is 0 Å². The second-order valence-corrected chi connectivity index (χ2v) is 10.6. The zero-order valence-electron chi connectivity index (χ0n) is 19.2. The minimum atomic E-state index is -0.368. The lowest BCUT2D eigenvalue weighted by Crippen LogP contribution is -2.42. The Morgan fingerprint density at radius 1 is 1.23 bits per heavy atom. The van der Waals surface area contributed by atoms with Gasteiger partial charge >= 0.3 is 0 Å². The van der Waals surface area contributed by atoms with E-state index in [9.17, 15) is 10.1 Å². The van der Waals surface area contributed by atoms with Crippen molar-refractivity contribution < 1.29 is 4.92 Å². The maximum Gasteiger partial charge on any atom is 0.269 e. The Hall–Kier alpha value is -2.39. The third kappa shape index (κ3) is 5.86. The Morgan fingerprint density at radius 3 is 2.52 bits per heavy atom. The van der Waals surface area contributed by atoms with Gasteiger partial charge in [0.2, 0.25) is 0 Å². The van der Waals surface area contributed by atoms with Crippen molar-refractivity contribution in [2.24, 2.45) is 11.1 Å². The van der Waals surface area contributed by atoms with Gasteiger partial charge in [-0.25, -0.2) is 4.68 Å². The maximum absolute atomic E-state index is 11.4. The molecule has 1 saturated carbocycles. The van der Waals surface area contributed by atoms with Gasteiger partial charge in [0.25, 0.3) is 5.69 Å². The lowest BCUT2D eigenvalue weighted by atomic mass is 9.81. The minimum Gasteiger partial charge on any atom is -0.328 e. The molecule has 170 valence electrons. The van der Waals surface area contributed by atoms with Gasteiger partial charge in [-0.15, -0.1) is 5.10 Å². The second kappa shape index (κ2) is 9.00. The number of rotatable bonds is 7. The molecular formula is C22H35N7O2. The van der Waals surface area contributed by atoms with Gasteiger partial charge < -0.3 is 11.1 Å². The molecule has 0 saturated heterocycles. The normalized spacial score (nSPS) is 21.1. The van der Waals surface area contributed by atoms with Gasteiger partial charge in [-0.2, -0.15) is 0 Å². The molecule has 0 bridgehead atoms. The Labute approximate surface area is 183 Å². The molecule has 1 aliphatic rings. The molecule has 1 aromatic heterocycles. The summed E-state index contributed by atoms with van der Waals surface area (Å²) in [6.07, 6.45) is 4.70. The van der Waals surface area contributed by atoms with E-state index in [1.54, 1.807) is 12.1 Å². The molecule has 9 heteroatoms. The van der Waals surface area contributed by atoms with Gasteiger partial charge in [0.1, 0.15) is 0 Å². The smallest absolute Gasteiger partial charge is 0.269 e. The highest BCUT2D eigenvalue weighted by Gasteiger charge is 2.35. The molecule has 3 N–H and O–H groups in total. The van der Waals surface area contributed by atoms with Gasteiger partial charge in [0.15, 0.2) is 5.82 Å². The summed E-state index contributed by atoms with van der Waals surface area (Å²) in [6.45, 7) is 10.8. The SMILES string of the molecule is CC(C)(C)CC(C)(C)n1nnnc1C(NC1CCC(N)CC1)c1cccc([N+](=O)[O-])c1. The summed E-state index contributed by atoms with van der Waals surface area (Å²) < 4.78 is 1.88. The molecule has 1 aromatic carbocycles. The predicted molar refractivity (Wildman–Crippen MR) is 120 cm³/mol. The van der Waals surface area contributed by atoms with E-state index in [2.05, 4.69) is 55.5 Å². The van der Waals surface area contributed by atoms with Crippen molar-refractivity contribution in [3.63, 3.8) is 0 Å². The monoisotopic (exact) mass is 429 g/mol.